The molecule has 1 aromatic rings. The fourth-order valence-corrected chi connectivity index (χ4v) is 1.86. The standard InChI is InChI=1S/C12H15N3O3/c1-7(2)15(8-3-4-8)11(16)9-5-14-10(6-13-9)12(17)18/h5-8H,3-4H2,1-2H3,(H,17,18). The summed E-state index contributed by atoms with van der Waals surface area (Å²) in [6, 6.07) is 0.393. The van der Waals surface area contributed by atoms with Crippen molar-refractivity contribution in [2.24, 2.45) is 0 Å². The lowest BCUT2D eigenvalue weighted by Crippen LogP contribution is -2.39. The third-order valence-electron chi connectivity index (χ3n) is 2.82. The molecule has 0 atom stereocenters. The number of hydrogen-bond donors (Lipinski definition) is 1. The van der Waals surface area contributed by atoms with Crippen molar-refractivity contribution >= 4 is 11.9 Å². The van der Waals surface area contributed by atoms with Crippen LogP contribution in [0.4, 0.5) is 0 Å². The number of carbonyl (C=O) groups is 2. The van der Waals surface area contributed by atoms with Crippen LogP contribution in [0.2, 0.25) is 0 Å². The Labute approximate surface area is 105 Å². The Kier molecular flexibility index (Phi) is 3.27. The van der Waals surface area contributed by atoms with Gasteiger partial charge in [-0.3, -0.25) is 4.79 Å². The Morgan fingerprint density at radius 3 is 2.22 bits per heavy atom. The number of amides is 1. The van der Waals surface area contributed by atoms with Gasteiger partial charge in [-0.15, -0.1) is 0 Å². The summed E-state index contributed by atoms with van der Waals surface area (Å²) < 4.78 is 0. The van der Waals surface area contributed by atoms with Gasteiger partial charge in [0, 0.05) is 12.1 Å². The molecule has 1 saturated carbocycles. The Balaban J connectivity index is 2.19. The lowest BCUT2D eigenvalue weighted by molar-refractivity contribution is 0.0668. The van der Waals surface area contributed by atoms with Crippen molar-refractivity contribution < 1.29 is 14.7 Å². The van der Waals surface area contributed by atoms with Crippen LogP contribution < -0.4 is 0 Å². The van der Waals surface area contributed by atoms with Crippen LogP contribution in [-0.4, -0.2) is 43.9 Å². The number of rotatable bonds is 4. The summed E-state index contributed by atoms with van der Waals surface area (Å²) in [6.45, 7) is 3.91. The maximum atomic E-state index is 12.2. The van der Waals surface area contributed by atoms with Crippen molar-refractivity contribution in [2.45, 2.75) is 38.8 Å². The van der Waals surface area contributed by atoms with E-state index in [9.17, 15) is 9.59 Å². The first-order chi connectivity index (χ1) is 8.50. The smallest absolute Gasteiger partial charge is 0.356 e. The van der Waals surface area contributed by atoms with Crippen molar-refractivity contribution in [3.8, 4) is 0 Å². The van der Waals surface area contributed by atoms with Crippen LogP contribution in [0.1, 0.15) is 47.7 Å². The average molecular weight is 249 g/mol. The minimum absolute atomic E-state index is 0.103. The van der Waals surface area contributed by atoms with E-state index < -0.39 is 5.97 Å². The summed E-state index contributed by atoms with van der Waals surface area (Å²) in [5.41, 5.74) is 0.0367. The first-order valence-corrected chi connectivity index (χ1v) is 5.88. The zero-order valence-electron chi connectivity index (χ0n) is 10.3. The van der Waals surface area contributed by atoms with Gasteiger partial charge in [-0.05, 0) is 26.7 Å². The molecule has 0 unspecified atom stereocenters. The van der Waals surface area contributed by atoms with Gasteiger partial charge in [0.25, 0.3) is 5.91 Å². The molecule has 18 heavy (non-hydrogen) atoms. The second kappa shape index (κ2) is 4.72. The van der Waals surface area contributed by atoms with Gasteiger partial charge in [-0.2, -0.15) is 0 Å². The fourth-order valence-electron chi connectivity index (χ4n) is 1.86. The Morgan fingerprint density at radius 1 is 1.28 bits per heavy atom. The third kappa shape index (κ3) is 2.47. The molecule has 0 spiro atoms. The summed E-state index contributed by atoms with van der Waals surface area (Å²) in [7, 11) is 0. The van der Waals surface area contributed by atoms with E-state index >= 15 is 0 Å². The molecule has 1 fully saturated rings. The van der Waals surface area contributed by atoms with Crippen LogP contribution in [0.3, 0.4) is 0 Å². The number of carbonyl (C=O) groups excluding carboxylic acids is 1. The molecule has 1 aromatic heterocycles. The van der Waals surface area contributed by atoms with Gasteiger partial charge in [0.15, 0.2) is 5.69 Å². The van der Waals surface area contributed by atoms with Gasteiger partial charge in [0.05, 0.1) is 12.4 Å². The molecule has 0 aliphatic heterocycles. The van der Waals surface area contributed by atoms with E-state index in [1.165, 1.54) is 6.20 Å². The predicted octanol–water partition coefficient (Wildman–Crippen LogP) is 1.19. The lowest BCUT2D eigenvalue weighted by atomic mass is 10.2. The van der Waals surface area contributed by atoms with Gasteiger partial charge in [0.1, 0.15) is 5.69 Å². The maximum absolute atomic E-state index is 12.2. The third-order valence-corrected chi connectivity index (χ3v) is 2.82. The maximum Gasteiger partial charge on any atom is 0.356 e. The molecular formula is C12H15N3O3. The predicted molar refractivity (Wildman–Crippen MR) is 63.3 cm³/mol. The summed E-state index contributed by atoms with van der Waals surface area (Å²) >= 11 is 0. The molecule has 0 radical (unpaired) electrons. The van der Waals surface area contributed by atoms with E-state index in [0.717, 1.165) is 19.0 Å². The normalized spacial score (nSPS) is 14.6. The molecule has 1 N–H and O–H groups in total. The molecule has 1 heterocycles. The molecule has 96 valence electrons. The van der Waals surface area contributed by atoms with E-state index in [2.05, 4.69) is 9.97 Å². The molecule has 0 saturated heterocycles. The largest absolute Gasteiger partial charge is 0.476 e. The Morgan fingerprint density at radius 2 is 1.83 bits per heavy atom. The SMILES string of the molecule is CC(C)N(C(=O)c1cnc(C(=O)O)cn1)C1CC1. The zero-order chi connectivity index (χ0) is 13.3. The minimum Gasteiger partial charge on any atom is -0.476 e. The number of nitrogens with zero attached hydrogens (tertiary/aromatic N) is 3. The lowest BCUT2D eigenvalue weighted by Gasteiger charge is -2.26. The minimum atomic E-state index is -1.15. The monoisotopic (exact) mass is 249 g/mol. The Hall–Kier alpha value is -1.98. The highest BCUT2D eigenvalue weighted by Crippen LogP contribution is 2.29. The molecule has 1 amide bonds. The van der Waals surface area contributed by atoms with Crippen molar-refractivity contribution in [3.63, 3.8) is 0 Å². The molecule has 2 rings (SSSR count). The van der Waals surface area contributed by atoms with Crippen molar-refractivity contribution in [3.05, 3.63) is 23.8 Å². The zero-order valence-corrected chi connectivity index (χ0v) is 10.3. The molecule has 0 aromatic carbocycles. The summed E-state index contributed by atoms with van der Waals surface area (Å²) in [4.78, 5) is 32.2. The summed E-state index contributed by atoms with van der Waals surface area (Å²) in [5.74, 6) is -1.33. The molecule has 6 nitrogen and oxygen atoms in total. The van der Waals surface area contributed by atoms with Crippen molar-refractivity contribution in [2.75, 3.05) is 0 Å². The van der Waals surface area contributed by atoms with E-state index in [1.807, 2.05) is 13.8 Å². The van der Waals surface area contributed by atoms with E-state index in [-0.39, 0.29) is 23.3 Å². The highest BCUT2D eigenvalue weighted by Gasteiger charge is 2.35. The highest BCUT2D eigenvalue weighted by molar-refractivity contribution is 5.93. The molecule has 6 heteroatoms. The number of carboxylic acids is 1. The highest BCUT2D eigenvalue weighted by atomic mass is 16.4. The van der Waals surface area contributed by atoms with Gasteiger partial charge >= 0.3 is 5.97 Å². The van der Waals surface area contributed by atoms with Crippen molar-refractivity contribution in [1.82, 2.24) is 14.9 Å². The van der Waals surface area contributed by atoms with E-state index in [4.69, 9.17) is 5.11 Å². The van der Waals surface area contributed by atoms with Crippen LogP contribution in [0, 0.1) is 0 Å². The van der Waals surface area contributed by atoms with Crippen LogP contribution in [0.15, 0.2) is 12.4 Å². The first kappa shape index (κ1) is 12.5. The van der Waals surface area contributed by atoms with Crippen LogP contribution in [0.5, 0.6) is 0 Å². The Bertz CT molecular complexity index is 464. The van der Waals surface area contributed by atoms with Gasteiger partial charge in [-0.25, -0.2) is 14.8 Å². The van der Waals surface area contributed by atoms with Crippen LogP contribution in [0.25, 0.3) is 0 Å². The fraction of sp³-hybridized carbons (Fsp3) is 0.500. The van der Waals surface area contributed by atoms with Gasteiger partial charge in [0.2, 0.25) is 0 Å². The number of carboxylic acid groups (broad SMARTS) is 1. The molecule has 1 aliphatic carbocycles. The van der Waals surface area contributed by atoms with Crippen LogP contribution >= 0.6 is 0 Å². The summed E-state index contributed by atoms with van der Waals surface area (Å²) in [6.07, 6.45) is 4.37. The molecular weight excluding hydrogens is 234 g/mol. The second-order valence-electron chi connectivity index (χ2n) is 4.63. The van der Waals surface area contributed by atoms with Crippen molar-refractivity contribution in [1.29, 1.82) is 0 Å². The van der Waals surface area contributed by atoms with Gasteiger partial charge in [-0.1, -0.05) is 0 Å². The molecule has 1 aliphatic rings. The molecule has 0 bridgehead atoms. The first-order valence-electron chi connectivity index (χ1n) is 5.88. The van der Waals surface area contributed by atoms with E-state index in [0.29, 0.717) is 6.04 Å². The average Bonchev–Trinajstić information content (AvgIpc) is 3.13. The number of aromatic nitrogens is 2. The summed E-state index contributed by atoms with van der Waals surface area (Å²) in [5, 5.41) is 8.71. The number of hydrogen-bond acceptors (Lipinski definition) is 4. The quantitative estimate of drug-likeness (QED) is 0.866. The van der Waals surface area contributed by atoms with Gasteiger partial charge < -0.3 is 10.0 Å². The number of aromatic carboxylic acids is 1. The second-order valence-corrected chi connectivity index (χ2v) is 4.63. The van der Waals surface area contributed by atoms with Crippen LogP contribution in [-0.2, 0) is 0 Å². The van der Waals surface area contributed by atoms with E-state index in [1.54, 1.807) is 4.90 Å². The topological polar surface area (TPSA) is 83.4 Å².